The highest BCUT2D eigenvalue weighted by Crippen LogP contribution is 2.47. The number of nitrogens with zero attached hydrogens (tertiary/aromatic N) is 2. The van der Waals surface area contributed by atoms with Gasteiger partial charge in [-0.2, -0.15) is 5.26 Å². The molecule has 9 nitrogen and oxygen atoms in total. The van der Waals surface area contributed by atoms with Crippen molar-refractivity contribution >= 4 is 33.3 Å². The fourth-order valence-corrected chi connectivity index (χ4v) is 5.27. The zero-order chi connectivity index (χ0) is 22.9. The number of hydrogen-bond donors (Lipinski definition) is 3. The average Bonchev–Trinajstić information content (AvgIpc) is 3.39. The average molecular weight is 464 g/mol. The Morgan fingerprint density at radius 1 is 1.23 bits per heavy atom. The third-order valence-electron chi connectivity index (χ3n) is 5.29. The number of sulfone groups is 1. The first-order chi connectivity index (χ1) is 14.5. The lowest BCUT2D eigenvalue weighted by atomic mass is 10.2. The van der Waals surface area contributed by atoms with Crippen LogP contribution in [0.1, 0.15) is 53.4 Å². The summed E-state index contributed by atoms with van der Waals surface area (Å²) in [4.78, 5) is 31.2. The standard InChI is InChI=1S/C20H22ClN5O4S/c1-19(2,11-22)31(29,30)20(7-8-20)12-25-17(27)15-10-23-16(26-15)18(28)24-9-13-3-5-14(21)6-4-13/h3-6,10H,7-9,12H2,1-2H3,(H,23,26)(H,24,28)(H,25,27). The van der Waals surface area contributed by atoms with E-state index < -0.39 is 31.1 Å². The van der Waals surface area contributed by atoms with Crippen LogP contribution in [-0.4, -0.2) is 46.2 Å². The fraction of sp³-hybridized carbons (Fsp3) is 0.400. The normalized spacial score (nSPS) is 15.0. The van der Waals surface area contributed by atoms with Crippen molar-refractivity contribution in [2.45, 2.75) is 42.7 Å². The van der Waals surface area contributed by atoms with E-state index in [0.29, 0.717) is 17.9 Å². The van der Waals surface area contributed by atoms with Gasteiger partial charge in [0.15, 0.2) is 20.4 Å². The molecule has 31 heavy (non-hydrogen) atoms. The number of H-pyrrole nitrogens is 1. The summed E-state index contributed by atoms with van der Waals surface area (Å²) in [6, 6.07) is 8.80. The minimum Gasteiger partial charge on any atom is -0.349 e. The molecule has 0 bridgehead atoms. The van der Waals surface area contributed by atoms with Gasteiger partial charge in [-0.1, -0.05) is 23.7 Å². The van der Waals surface area contributed by atoms with Crippen LogP contribution < -0.4 is 10.6 Å². The third kappa shape index (κ3) is 4.57. The quantitative estimate of drug-likeness (QED) is 0.545. The number of hydrogen-bond acceptors (Lipinski definition) is 6. The van der Waals surface area contributed by atoms with Gasteiger partial charge in [-0.15, -0.1) is 0 Å². The Labute approximate surface area is 185 Å². The highest BCUT2D eigenvalue weighted by Gasteiger charge is 2.60. The minimum atomic E-state index is -3.77. The van der Waals surface area contributed by atoms with E-state index >= 15 is 0 Å². The van der Waals surface area contributed by atoms with E-state index in [1.165, 1.54) is 20.0 Å². The molecule has 0 unspecified atom stereocenters. The molecular formula is C20H22ClN5O4S. The summed E-state index contributed by atoms with van der Waals surface area (Å²) in [5, 5.41) is 15.0. The first-order valence-corrected chi connectivity index (χ1v) is 11.4. The van der Waals surface area contributed by atoms with Gasteiger partial charge in [-0.25, -0.2) is 13.4 Å². The zero-order valence-corrected chi connectivity index (χ0v) is 18.6. The summed E-state index contributed by atoms with van der Waals surface area (Å²) in [6.45, 7) is 2.85. The van der Waals surface area contributed by atoms with Gasteiger partial charge >= 0.3 is 0 Å². The number of amides is 2. The number of aromatic nitrogens is 2. The van der Waals surface area contributed by atoms with E-state index in [1.54, 1.807) is 24.3 Å². The molecule has 0 radical (unpaired) electrons. The van der Waals surface area contributed by atoms with E-state index in [9.17, 15) is 23.3 Å². The Kier molecular flexibility index (Phi) is 6.11. The first kappa shape index (κ1) is 22.8. The molecule has 1 fully saturated rings. The maximum absolute atomic E-state index is 12.8. The van der Waals surface area contributed by atoms with Crippen LogP contribution in [0.15, 0.2) is 30.5 Å². The number of carbonyl (C=O) groups is 2. The molecule has 1 aliphatic rings. The van der Waals surface area contributed by atoms with Gasteiger partial charge in [-0.3, -0.25) is 9.59 Å². The molecule has 1 heterocycles. The van der Waals surface area contributed by atoms with Crippen LogP contribution in [0, 0.1) is 11.3 Å². The van der Waals surface area contributed by atoms with Gasteiger partial charge in [-0.05, 0) is 44.4 Å². The van der Waals surface area contributed by atoms with Crippen molar-refractivity contribution in [3.05, 3.63) is 52.6 Å². The highest BCUT2D eigenvalue weighted by atomic mass is 35.5. The van der Waals surface area contributed by atoms with Crippen LogP contribution in [-0.2, 0) is 16.4 Å². The van der Waals surface area contributed by atoms with Crippen molar-refractivity contribution in [1.29, 1.82) is 5.26 Å². The molecule has 1 saturated carbocycles. The Hall–Kier alpha value is -2.90. The van der Waals surface area contributed by atoms with E-state index in [-0.39, 0.29) is 24.6 Å². The van der Waals surface area contributed by atoms with Crippen LogP contribution in [0.3, 0.4) is 0 Å². The van der Waals surface area contributed by atoms with Gasteiger partial charge in [0.05, 0.1) is 17.0 Å². The molecule has 0 spiro atoms. The predicted molar refractivity (Wildman–Crippen MR) is 114 cm³/mol. The highest BCUT2D eigenvalue weighted by molar-refractivity contribution is 7.94. The molecule has 0 aliphatic heterocycles. The van der Waals surface area contributed by atoms with Crippen LogP contribution >= 0.6 is 11.6 Å². The summed E-state index contributed by atoms with van der Waals surface area (Å²) >= 11 is 5.83. The Bertz CT molecular complexity index is 1140. The summed E-state index contributed by atoms with van der Waals surface area (Å²) in [5.41, 5.74) is 0.878. The van der Waals surface area contributed by atoms with Gasteiger partial charge < -0.3 is 15.6 Å². The second-order valence-electron chi connectivity index (χ2n) is 7.95. The number of carbonyl (C=O) groups excluding carboxylic acids is 2. The SMILES string of the molecule is CC(C)(C#N)S(=O)(=O)C1(CNC(=O)c2cnc(C(=O)NCc3ccc(Cl)cc3)[nH]2)CC1. The van der Waals surface area contributed by atoms with Crippen LogP contribution in [0.5, 0.6) is 0 Å². The molecule has 3 rings (SSSR count). The van der Waals surface area contributed by atoms with Gasteiger partial charge in [0.2, 0.25) is 0 Å². The van der Waals surface area contributed by atoms with Crippen molar-refractivity contribution in [3.8, 4) is 6.07 Å². The number of aromatic amines is 1. The molecule has 1 aromatic heterocycles. The molecule has 0 saturated heterocycles. The fourth-order valence-electron chi connectivity index (χ4n) is 3.04. The van der Waals surface area contributed by atoms with E-state index in [4.69, 9.17) is 11.6 Å². The van der Waals surface area contributed by atoms with Crippen molar-refractivity contribution < 1.29 is 18.0 Å². The lowest BCUT2D eigenvalue weighted by Crippen LogP contribution is -2.46. The molecule has 164 valence electrons. The lowest BCUT2D eigenvalue weighted by Gasteiger charge is -2.24. The molecule has 0 atom stereocenters. The zero-order valence-electron chi connectivity index (χ0n) is 17.0. The Morgan fingerprint density at radius 2 is 1.87 bits per heavy atom. The third-order valence-corrected chi connectivity index (χ3v) is 8.67. The van der Waals surface area contributed by atoms with Crippen molar-refractivity contribution in [1.82, 2.24) is 20.6 Å². The minimum absolute atomic E-state index is 0.0318. The topological polar surface area (TPSA) is 145 Å². The van der Waals surface area contributed by atoms with Crippen molar-refractivity contribution in [2.24, 2.45) is 0 Å². The smallest absolute Gasteiger partial charge is 0.287 e. The molecule has 11 heteroatoms. The molecule has 3 N–H and O–H groups in total. The number of nitrogens with one attached hydrogen (secondary N) is 3. The number of nitriles is 1. The van der Waals surface area contributed by atoms with Gasteiger partial charge in [0.25, 0.3) is 11.8 Å². The van der Waals surface area contributed by atoms with Crippen LogP contribution in [0.2, 0.25) is 5.02 Å². The van der Waals surface area contributed by atoms with Gasteiger partial charge in [0.1, 0.15) is 5.69 Å². The van der Waals surface area contributed by atoms with E-state index in [1.807, 2.05) is 6.07 Å². The summed E-state index contributed by atoms with van der Waals surface area (Å²) in [6.07, 6.45) is 1.96. The second kappa shape index (κ2) is 8.32. The molecular weight excluding hydrogens is 442 g/mol. The predicted octanol–water partition coefficient (Wildman–Crippen LogP) is 1.97. The number of benzene rings is 1. The lowest BCUT2D eigenvalue weighted by molar-refractivity contribution is 0.0941. The second-order valence-corrected chi connectivity index (χ2v) is 11.3. The first-order valence-electron chi connectivity index (χ1n) is 9.53. The molecule has 1 aliphatic carbocycles. The Balaban J connectivity index is 1.58. The van der Waals surface area contributed by atoms with Crippen LogP contribution in [0.25, 0.3) is 0 Å². The summed E-state index contributed by atoms with van der Waals surface area (Å²) in [5.74, 6) is -1.12. The Morgan fingerprint density at radius 3 is 2.45 bits per heavy atom. The maximum atomic E-state index is 12.8. The van der Waals surface area contributed by atoms with Crippen molar-refractivity contribution in [2.75, 3.05) is 6.54 Å². The van der Waals surface area contributed by atoms with Crippen molar-refractivity contribution in [3.63, 3.8) is 0 Å². The van der Waals surface area contributed by atoms with Gasteiger partial charge in [0, 0.05) is 18.1 Å². The maximum Gasteiger partial charge on any atom is 0.287 e. The van der Waals surface area contributed by atoms with E-state index in [2.05, 4.69) is 20.6 Å². The molecule has 2 amide bonds. The van der Waals surface area contributed by atoms with E-state index in [0.717, 1.165) is 5.56 Å². The monoisotopic (exact) mass is 463 g/mol. The summed E-state index contributed by atoms with van der Waals surface area (Å²) < 4.78 is 22.8. The number of imidazole rings is 1. The summed E-state index contributed by atoms with van der Waals surface area (Å²) in [7, 11) is -3.77. The molecule has 1 aromatic carbocycles. The largest absolute Gasteiger partial charge is 0.349 e. The number of halogens is 1. The molecule has 2 aromatic rings. The van der Waals surface area contributed by atoms with Crippen LogP contribution in [0.4, 0.5) is 0 Å². The number of rotatable bonds is 8.